The fourth-order valence-electron chi connectivity index (χ4n) is 1.70. The molecule has 2 aromatic rings. The van der Waals surface area contributed by atoms with E-state index in [-0.39, 0.29) is 5.56 Å². The van der Waals surface area contributed by atoms with E-state index in [0.717, 1.165) is 10.6 Å². The van der Waals surface area contributed by atoms with Crippen molar-refractivity contribution < 1.29 is 9.90 Å². The quantitative estimate of drug-likeness (QED) is 0.835. The van der Waals surface area contributed by atoms with Crippen LogP contribution in [0, 0.1) is 6.92 Å². The molecule has 19 heavy (non-hydrogen) atoms. The van der Waals surface area contributed by atoms with Crippen molar-refractivity contribution in [2.75, 3.05) is 11.6 Å². The van der Waals surface area contributed by atoms with Gasteiger partial charge in [-0.05, 0) is 43.5 Å². The minimum absolute atomic E-state index is 0.232. The van der Waals surface area contributed by atoms with E-state index >= 15 is 0 Å². The van der Waals surface area contributed by atoms with Crippen molar-refractivity contribution in [1.82, 2.24) is 4.98 Å². The molecule has 0 saturated heterocycles. The molecule has 0 radical (unpaired) electrons. The third kappa shape index (κ3) is 3.48. The van der Waals surface area contributed by atoms with E-state index in [9.17, 15) is 4.79 Å². The second kappa shape index (κ2) is 5.75. The zero-order chi connectivity index (χ0) is 13.8. The highest BCUT2D eigenvalue weighted by molar-refractivity contribution is 7.98. The van der Waals surface area contributed by atoms with Gasteiger partial charge in [-0.15, -0.1) is 11.8 Å². The molecule has 0 unspecified atom stereocenters. The Morgan fingerprint density at radius 2 is 2.11 bits per heavy atom. The number of nitrogens with zero attached hydrogens (tertiary/aromatic N) is 1. The van der Waals surface area contributed by atoms with Crippen LogP contribution in [0.15, 0.2) is 41.3 Å². The second-order valence-electron chi connectivity index (χ2n) is 4.04. The molecular weight excluding hydrogens is 260 g/mol. The van der Waals surface area contributed by atoms with Gasteiger partial charge in [0.05, 0.1) is 5.56 Å². The van der Waals surface area contributed by atoms with Gasteiger partial charge in [0.25, 0.3) is 0 Å². The third-order valence-electron chi connectivity index (χ3n) is 2.54. The Morgan fingerprint density at radius 1 is 1.32 bits per heavy atom. The van der Waals surface area contributed by atoms with Crippen LogP contribution in [0.5, 0.6) is 0 Å². The standard InChI is InChI=1S/C14H14N2O2S/c1-9-6-10(14(17)18)7-13(15-9)16-11-4-3-5-12(8-11)19-2/h3-8H,1-2H3,(H,15,16)(H,17,18). The topological polar surface area (TPSA) is 62.2 Å². The highest BCUT2D eigenvalue weighted by atomic mass is 32.2. The first-order chi connectivity index (χ1) is 9.08. The van der Waals surface area contributed by atoms with Crippen LogP contribution >= 0.6 is 11.8 Å². The molecule has 1 aromatic carbocycles. The molecule has 0 aliphatic heterocycles. The van der Waals surface area contributed by atoms with Crippen LogP contribution in [0.3, 0.4) is 0 Å². The lowest BCUT2D eigenvalue weighted by molar-refractivity contribution is 0.0696. The molecule has 0 saturated carbocycles. The van der Waals surface area contributed by atoms with Gasteiger partial charge in [-0.3, -0.25) is 0 Å². The summed E-state index contributed by atoms with van der Waals surface area (Å²) in [7, 11) is 0. The number of carboxylic acids is 1. The van der Waals surface area contributed by atoms with E-state index < -0.39 is 5.97 Å². The number of aromatic carboxylic acids is 1. The van der Waals surface area contributed by atoms with Crippen molar-refractivity contribution in [2.24, 2.45) is 0 Å². The summed E-state index contributed by atoms with van der Waals surface area (Å²) in [4.78, 5) is 16.4. The molecule has 0 atom stereocenters. The molecule has 0 aliphatic rings. The number of rotatable bonds is 4. The average molecular weight is 274 g/mol. The fourth-order valence-corrected chi connectivity index (χ4v) is 2.16. The molecule has 1 heterocycles. The van der Waals surface area contributed by atoms with Crippen molar-refractivity contribution >= 4 is 29.2 Å². The number of aryl methyl sites for hydroxylation is 1. The number of benzene rings is 1. The SMILES string of the molecule is CSc1cccc(Nc2cc(C(=O)O)cc(C)n2)c1. The van der Waals surface area contributed by atoms with Crippen molar-refractivity contribution in [3.05, 3.63) is 47.7 Å². The summed E-state index contributed by atoms with van der Waals surface area (Å²) in [6.45, 7) is 1.77. The maximum Gasteiger partial charge on any atom is 0.335 e. The van der Waals surface area contributed by atoms with Crippen LogP contribution in [-0.4, -0.2) is 22.3 Å². The molecule has 1 aromatic heterocycles. The minimum Gasteiger partial charge on any atom is -0.478 e. The Kier molecular flexibility index (Phi) is 4.06. The van der Waals surface area contributed by atoms with Gasteiger partial charge in [-0.25, -0.2) is 9.78 Å². The molecule has 0 amide bonds. The largest absolute Gasteiger partial charge is 0.478 e. The number of carboxylic acid groups (broad SMARTS) is 1. The lowest BCUT2D eigenvalue weighted by Crippen LogP contribution is -2.02. The molecule has 0 spiro atoms. The van der Waals surface area contributed by atoms with Gasteiger partial charge in [-0.2, -0.15) is 0 Å². The summed E-state index contributed by atoms with van der Waals surface area (Å²) >= 11 is 1.65. The highest BCUT2D eigenvalue weighted by Crippen LogP contribution is 2.22. The Hall–Kier alpha value is -2.01. The number of hydrogen-bond donors (Lipinski definition) is 2. The molecule has 2 rings (SSSR count). The maximum atomic E-state index is 11.0. The van der Waals surface area contributed by atoms with Crippen LogP contribution in [-0.2, 0) is 0 Å². The molecule has 5 heteroatoms. The number of pyridine rings is 1. The molecule has 4 nitrogen and oxygen atoms in total. The molecule has 0 fully saturated rings. The van der Waals surface area contributed by atoms with Gasteiger partial charge in [0, 0.05) is 16.3 Å². The Labute approximate surface area is 115 Å². The monoisotopic (exact) mass is 274 g/mol. The van der Waals surface area contributed by atoms with E-state index in [1.165, 1.54) is 6.07 Å². The molecule has 0 aliphatic carbocycles. The first kappa shape index (κ1) is 13.4. The van der Waals surface area contributed by atoms with Crippen molar-refractivity contribution in [1.29, 1.82) is 0 Å². The summed E-state index contributed by atoms with van der Waals surface area (Å²) in [6, 6.07) is 11.0. The van der Waals surface area contributed by atoms with E-state index in [2.05, 4.69) is 10.3 Å². The predicted octanol–water partition coefficient (Wildman–Crippen LogP) is 3.55. The normalized spacial score (nSPS) is 10.2. The highest BCUT2D eigenvalue weighted by Gasteiger charge is 2.07. The van der Waals surface area contributed by atoms with E-state index in [1.54, 1.807) is 24.8 Å². The van der Waals surface area contributed by atoms with Gasteiger partial charge >= 0.3 is 5.97 Å². The van der Waals surface area contributed by atoms with Crippen LogP contribution in [0.1, 0.15) is 16.1 Å². The zero-order valence-electron chi connectivity index (χ0n) is 10.7. The van der Waals surface area contributed by atoms with Crippen LogP contribution in [0.25, 0.3) is 0 Å². The fraction of sp³-hybridized carbons (Fsp3) is 0.143. The number of carbonyl (C=O) groups is 1. The van der Waals surface area contributed by atoms with Crippen molar-refractivity contribution in [3.8, 4) is 0 Å². The number of hydrogen-bond acceptors (Lipinski definition) is 4. The lowest BCUT2D eigenvalue weighted by atomic mass is 10.2. The summed E-state index contributed by atoms with van der Waals surface area (Å²) < 4.78 is 0. The average Bonchev–Trinajstić information content (AvgIpc) is 2.38. The lowest BCUT2D eigenvalue weighted by Gasteiger charge is -2.08. The van der Waals surface area contributed by atoms with E-state index in [4.69, 9.17) is 5.11 Å². The van der Waals surface area contributed by atoms with E-state index in [0.29, 0.717) is 11.5 Å². The first-order valence-electron chi connectivity index (χ1n) is 5.71. The summed E-state index contributed by atoms with van der Waals surface area (Å²) in [5.74, 6) is -0.415. The van der Waals surface area contributed by atoms with Crippen molar-refractivity contribution in [2.45, 2.75) is 11.8 Å². The Bertz CT molecular complexity index is 614. The summed E-state index contributed by atoms with van der Waals surface area (Å²) in [5, 5.41) is 12.2. The minimum atomic E-state index is -0.952. The van der Waals surface area contributed by atoms with Gasteiger partial charge in [0.1, 0.15) is 5.82 Å². The molecule has 0 bridgehead atoms. The number of nitrogens with one attached hydrogen (secondary N) is 1. The zero-order valence-corrected chi connectivity index (χ0v) is 11.5. The molecular formula is C14H14N2O2S. The number of aromatic nitrogens is 1. The van der Waals surface area contributed by atoms with Gasteiger partial charge < -0.3 is 10.4 Å². The number of thioether (sulfide) groups is 1. The van der Waals surface area contributed by atoms with Gasteiger partial charge in [0.15, 0.2) is 0 Å². The number of anilines is 2. The third-order valence-corrected chi connectivity index (χ3v) is 3.27. The van der Waals surface area contributed by atoms with Gasteiger partial charge in [-0.1, -0.05) is 6.07 Å². The van der Waals surface area contributed by atoms with Crippen LogP contribution in [0.4, 0.5) is 11.5 Å². The van der Waals surface area contributed by atoms with Crippen LogP contribution in [0.2, 0.25) is 0 Å². The van der Waals surface area contributed by atoms with Crippen LogP contribution < -0.4 is 5.32 Å². The Morgan fingerprint density at radius 3 is 2.79 bits per heavy atom. The van der Waals surface area contributed by atoms with E-state index in [1.807, 2.05) is 30.5 Å². The summed E-state index contributed by atoms with van der Waals surface area (Å²) in [5.41, 5.74) is 1.79. The molecule has 2 N–H and O–H groups in total. The van der Waals surface area contributed by atoms with Crippen molar-refractivity contribution in [3.63, 3.8) is 0 Å². The Balaban J connectivity index is 2.29. The predicted molar refractivity (Wildman–Crippen MR) is 77.4 cm³/mol. The van der Waals surface area contributed by atoms with Gasteiger partial charge in [0.2, 0.25) is 0 Å². The molecule has 98 valence electrons. The smallest absolute Gasteiger partial charge is 0.335 e. The first-order valence-corrected chi connectivity index (χ1v) is 6.94. The maximum absolute atomic E-state index is 11.0. The summed E-state index contributed by atoms with van der Waals surface area (Å²) in [6.07, 6.45) is 2.01. The second-order valence-corrected chi connectivity index (χ2v) is 4.92.